The number of pyridine rings is 2. The van der Waals surface area contributed by atoms with Crippen LogP contribution in [0.4, 0.5) is 0 Å². The van der Waals surface area contributed by atoms with Crippen LogP contribution < -0.4 is 0 Å². The van der Waals surface area contributed by atoms with Gasteiger partial charge in [-0.3, -0.25) is 4.98 Å². The number of para-hydroxylation sites is 3. The second kappa shape index (κ2) is 30.4. The molecule has 0 bridgehead atoms. The van der Waals surface area contributed by atoms with Gasteiger partial charge in [-0.2, -0.15) is 0 Å². The average Bonchev–Trinajstić information content (AvgIpc) is 1.56. The van der Waals surface area contributed by atoms with Crippen molar-refractivity contribution in [2.75, 3.05) is 0 Å². The summed E-state index contributed by atoms with van der Waals surface area (Å²) in [5, 5.41) is 2.97. The van der Waals surface area contributed by atoms with Gasteiger partial charge in [0.05, 0.1) is 27.5 Å². The molecule has 22 rings (SSSR count). The Labute approximate surface area is 678 Å². The van der Waals surface area contributed by atoms with Crippen molar-refractivity contribution >= 4 is 66.3 Å². The predicted molar refractivity (Wildman–Crippen MR) is 477 cm³/mol. The van der Waals surface area contributed by atoms with Crippen molar-refractivity contribution in [1.29, 1.82) is 0 Å². The minimum Gasteiger partial charge on any atom is -0.438 e. The van der Waals surface area contributed by atoms with E-state index in [0.717, 1.165) is 166 Å². The van der Waals surface area contributed by atoms with Gasteiger partial charge < -0.3 is 8.83 Å². The second-order valence-corrected chi connectivity index (χ2v) is 29.0. The molecule has 0 spiro atoms. The van der Waals surface area contributed by atoms with E-state index in [9.17, 15) is 0 Å². The topological polar surface area (TPSA) is 155 Å². The molecule has 0 saturated heterocycles. The summed E-state index contributed by atoms with van der Waals surface area (Å²) in [7, 11) is 0. The molecule has 0 fully saturated rings. The zero-order valence-electron chi connectivity index (χ0n) is 63.4. The number of hydrogen-bond acceptors (Lipinski definition) is 12. The summed E-state index contributed by atoms with van der Waals surface area (Å²) in [6.45, 7) is 0. The smallest absolute Gasteiger partial charge is 0.246 e. The molecule has 552 valence electrons. The van der Waals surface area contributed by atoms with Crippen molar-refractivity contribution in [2.45, 2.75) is 0 Å². The van der Waals surface area contributed by atoms with Crippen molar-refractivity contribution in [3.63, 3.8) is 0 Å². The fraction of sp³-hybridized carbons (Fsp3) is 0. The van der Waals surface area contributed by atoms with E-state index in [2.05, 4.69) is 261 Å². The third kappa shape index (κ3) is 13.8. The van der Waals surface area contributed by atoms with Crippen LogP contribution in [0.15, 0.2) is 409 Å². The van der Waals surface area contributed by atoms with Gasteiger partial charge in [-0.25, -0.2) is 44.9 Å². The van der Waals surface area contributed by atoms with Crippen LogP contribution >= 0.6 is 0 Å². The molecule has 0 N–H and O–H groups in total. The van der Waals surface area contributed by atoms with E-state index in [4.69, 9.17) is 58.7 Å². The van der Waals surface area contributed by atoms with E-state index in [-0.39, 0.29) is 0 Å². The lowest BCUT2D eigenvalue weighted by Gasteiger charge is -2.11. The monoisotopic (exact) mass is 1510 g/mol. The molecule has 12 heteroatoms. The van der Waals surface area contributed by atoms with Gasteiger partial charge in [-0.15, -0.1) is 0 Å². The van der Waals surface area contributed by atoms with Crippen LogP contribution in [0, 0.1) is 0 Å². The zero-order valence-corrected chi connectivity index (χ0v) is 63.4. The molecule has 7 heterocycles. The van der Waals surface area contributed by atoms with E-state index in [0.29, 0.717) is 46.4 Å². The number of hydrogen-bond donors (Lipinski definition) is 0. The Balaban J connectivity index is 0.000000147. The lowest BCUT2D eigenvalue weighted by atomic mass is 9.95. The summed E-state index contributed by atoms with van der Waals surface area (Å²) >= 11 is 0. The Morgan fingerprint density at radius 3 is 0.890 bits per heavy atom. The Bertz CT molecular complexity index is 7480. The fourth-order valence-electron chi connectivity index (χ4n) is 15.5. The third-order valence-corrected chi connectivity index (χ3v) is 21.6. The molecule has 118 heavy (non-hydrogen) atoms. The molecule has 0 radical (unpaired) electrons. The molecule has 0 atom stereocenters. The quantitative estimate of drug-likeness (QED) is 0.102. The lowest BCUT2D eigenvalue weighted by molar-refractivity contribution is 0.655. The largest absolute Gasteiger partial charge is 0.438 e. The first-order valence-electron chi connectivity index (χ1n) is 39.1. The van der Waals surface area contributed by atoms with Gasteiger partial charge in [0, 0.05) is 55.9 Å². The van der Waals surface area contributed by atoms with Crippen LogP contribution in [-0.2, 0) is 0 Å². The Morgan fingerprint density at radius 1 is 0.169 bits per heavy atom. The summed E-state index contributed by atoms with van der Waals surface area (Å²) in [6, 6.07) is 135. The van der Waals surface area contributed by atoms with Gasteiger partial charge in [0.2, 0.25) is 11.4 Å². The van der Waals surface area contributed by atoms with E-state index in [1.165, 1.54) is 11.1 Å². The summed E-state index contributed by atoms with van der Waals surface area (Å²) in [5.74, 6) is 3.79. The minimum atomic E-state index is 0.554. The molecule has 0 aliphatic rings. The Hall–Kier alpha value is -16.2. The summed E-state index contributed by atoms with van der Waals surface area (Å²) in [5.41, 5.74) is 30.4. The van der Waals surface area contributed by atoms with E-state index in [1.807, 2.05) is 140 Å². The van der Waals surface area contributed by atoms with E-state index >= 15 is 0 Å². The number of nitrogens with zero attached hydrogens (tertiary/aromatic N) is 10. The molecule has 0 amide bonds. The molecule has 0 aliphatic heterocycles. The number of furan rings is 2. The van der Waals surface area contributed by atoms with Gasteiger partial charge in [-0.05, 0) is 138 Å². The molecular weight excluding hydrogens is 1450 g/mol. The predicted octanol–water partition coefficient (Wildman–Crippen LogP) is 26.8. The first kappa shape index (κ1) is 69.7. The minimum absolute atomic E-state index is 0.554. The Kier molecular flexibility index (Phi) is 18.0. The molecule has 15 aromatic carbocycles. The summed E-state index contributed by atoms with van der Waals surface area (Å²) in [4.78, 5) is 49.0. The lowest BCUT2D eigenvalue weighted by Crippen LogP contribution is -2.00. The van der Waals surface area contributed by atoms with Crippen LogP contribution in [-0.4, -0.2) is 49.8 Å². The van der Waals surface area contributed by atoms with Gasteiger partial charge in [0.25, 0.3) is 0 Å². The van der Waals surface area contributed by atoms with E-state index < -0.39 is 0 Å². The molecule has 7 aromatic heterocycles. The van der Waals surface area contributed by atoms with Crippen LogP contribution in [0.2, 0.25) is 0 Å². The van der Waals surface area contributed by atoms with Crippen LogP contribution in [0.1, 0.15) is 0 Å². The molecule has 0 unspecified atom stereocenters. The molecule has 0 saturated carbocycles. The molecule has 0 aliphatic carbocycles. The third-order valence-electron chi connectivity index (χ3n) is 21.6. The molecule has 12 nitrogen and oxygen atoms in total. The van der Waals surface area contributed by atoms with Crippen molar-refractivity contribution in [3.05, 3.63) is 401 Å². The van der Waals surface area contributed by atoms with Crippen LogP contribution in [0.25, 0.3) is 224 Å². The van der Waals surface area contributed by atoms with Gasteiger partial charge in [-0.1, -0.05) is 340 Å². The summed E-state index contributed by atoms with van der Waals surface area (Å²) < 4.78 is 12.3. The zero-order chi connectivity index (χ0) is 78.2. The van der Waals surface area contributed by atoms with Gasteiger partial charge in [0.15, 0.2) is 34.9 Å². The number of rotatable bonds is 14. The van der Waals surface area contributed by atoms with Gasteiger partial charge in [0.1, 0.15) is 16.7 Å². The SMILES string of the molecule is c1ccc(-c2ccc(-c3nc(-c4ccccc4)nc(-c4ccc(-c5cccc(-c6ccc(-c7c8ncccc8nc8oc9ccccc9c78)cc6)c5)cc4)n3)cc2)cc1.c1ccc(-c2ccc(-c3nc(-c4ccccc4)nc(-c4ccc(-c5cccc(-c6ccc(-c7ccc8oc9nc%10ccccc%10nc9c8c7)cc6)c5)cc4)n3)cc2)cc1. The highest BCUT2D eigenvalue weighted by molar-refractivity contribution is 6.18. The second-order valence-electron chi connectivity index (χ2n) is 29.0. The summed E-state index contributed by atoms with van der Waals surface area (Å²) in [6.07, 6.45) is 1.82. The average molecular weight is 1510 g/mol. The van der Waals surface area contributed by atoms with Crippen molar-refractivity contribution in [3.8, 4) is 157 Å². The maximum atomic E-state index is 6.22. The standard InChI is InChI=1S/2C53H33N5O/c1-3-11-34(12-4-1)35-22-28-40(29-23-35)51-56-50(39-13-5-2-6-14-39)57-52(58-51)41-30-24-37(25-31-41)43-16-9-15-42(33-43)36-20-26-38(27-21-36)47-48-44-17-7-8-19-46(44)59-53(48)55-45-18-10-32-54-49(45)47;1-3-10-34(11-4-1)35-22-26-40(27-23-35)51-56-50(39-12-5-2-6-13-39)57-52(58-51)41-28-24-37(25-29-41)43-15-9-14-42(32-43)36-18-20-38(21-19-36)44-30-31-48-45(33-44)49-53(59-48)55-47-17-8-7-16-46(47)54-49/h2*1-33H. The van der Waals surface area contributed by atoms with Gasteiger partial charge >= 0.3 is 0 Å². The van der Waals surface area contributed by atoms with Crippen LogP contribution in [0.3, 0.4) is 0 Å². The molecule has 22 aromatic rings. The highest BCUT2D eigenvalue weighted by Gasteiger charge is 2.22. The number of aromatic nitrogens is 10. The maximum absolute atomic E-state index is 6.22. The first-order chi connectivity index (χ1) is 58.4. The van der Waals surface area contributed by atoms with Crippen molar-refractivity contribution in [1.82, 2.24) is 49.8 Å². The van der Waals surface area contributed by atoms with Crippen LogP contribution in [0.5, 0.6) is 0 Å². The van der Waals surface area contributed by atoms with Crippen molar-refractivity contribution < 1.29 is 8.83 Å². The maximum Gasteiger partial charge on any atom is 0.246 e. The number of fused-ring (bicyclic) bond motifs is 8. The highest BCUT2D eigenvalue weighted by Crippen LogP contribution is 2.42. The van der Waals surface area contributed by atoms with Crippen molar-refractivity contribution in [2.24, 2.45) is 0 Å². The van der Waals surface area contributed by atoms with E-state index in [1.54, 1.807) is 0 Å². The fourth-order valence-corrected chi connectivity index (χ4v) is 15.5. The highest BCUT2D eigenvalue weighted by atomic mass is 16.3. The molecular formula is C106H66N10O2. The number of benzene rings is 15. The normalized spacial score (nSPS) is 11.4. The first-order valence-corrected chi connectivity index (χ1v) is 39.1. The Morgan fingerprint density at radius 2 is 0.458 bits per heavy atom.